The molecule has 0 aromatic heterocycles. The lowest BCUT2D eigenvalue weighted by atomic mass is 9.62. The molecular weight excluding hydrogens is 692 g/mol. The van der Waals surface area contributed by atoms with E-state index in [0.717, 1.165) is 49.7 Å². The lowest BCUT2D eigenvalue weighted by Gasteiger charge is -2.48. The summed E-state index contributed by atoms with van der Waals surface area (Å²) in [5, 5.41) is 53.4. The number of benzene rings is 1. The van der Waals surface area contributed by atoms with Crippen LogP contribution in [0.5, 0.6) is 0 Å². The van der Waals surface area contributed by atoms with E-state index < -0.39 is 84.9 Å². The number of esters is 1. The molecule has 15 nitrogen and oxygen atoms in total. The van der Waals surface area contributed by atoms with E-state index in [4.69, 9.17) is 28.5 Å². The van der Waals surface area contributed by atoms with E-state index in [1.807, 2.05) is 24.3 Å². The molecule has 4 heterocycles. The predicted octanol–water partition coefficient (Wildman–Crippen LogP) is 1.07. The molecule has 296 valence electrons. The van der Waals surface area contributed by atoms with Crippen molar-refractivity contribution in [2.24, 2.45) is 5.41 Å². The van der Waals surface area contributed by atoms with Crippen LogP contribution in [0.25, 0.3) is 6.08 Å². The van der Waals surface area contributed by atoms with Crippen LogP contribution in [0.4, 0.5) is 0 Å². The first kappa shape index (κ1) is 40.1. The van der Waals surface area contributed by atoms with Crippen LogP contribution in [-0.4, -0.2) is 136 Å². The van der Waals surface area contributed by atoms with Crippen molar-refractivity contribution in [3.63, 3.8) is 0 Å². The van der Waals surface area contributed by atoms with E-state index >= 15 is 0 Å². The summed E-state index contributed by atoms with van der Waals surface area (Å²) in [5.41, 5.74) is 0.322. The van der Waals surface area contributed by atoms with E-state index in [0.29, 0.717) is 12.8 Å². The minimum absolute atomic E-state index is 0.0189. The summed E-state index contributed by atoms with van der Waals surface area (Å²) >= 11 is 0. The number of aliphatic hydroxyl groups excluding tert-OH is 5. The highest BCUT2D eigenvalue weighted by Gasteiger charge is 2.76. The summed E-state index contributed by atoms with van der Waals surface area (Å²) in [7, 11) is 0. The van der Waals surface area contributed by atoms with Crippen LogP contribution >= 0.6 is 0 Å². The maximum atomic E-state index is 14.1. The minimum atomic E-state index is -1.52. The lowest BCUT2D eigenvalue weighted by molar-refractivity contribution is -0.298. The molecule has 15 heteroatoms. The topological polar surface area (TPSA) is 206 Å². The zero-order valence-electron chi connectivity index (χ0n) is 30.6. The Morgan fingerprint density at radius 2 is 1.68 bits per heavy atom. The van der Waals surface area contributed by atoms with Crippen LogP contribution in [0.2, 0.25) is 0 Å². The monoisotopic (exact) mass is 748 g/mol. The van der Waals surface area contributed by atoms with Gasteiger partial charge < -0.3 is 54.5 Å². The van der Waals surface area contributed by atoms with Gasteiger partial charge >= 0.3 is 5.97 Å². The van der Waals surface area contributed by atoms with Crippen molar-refractivity contribution in [2.45, 2.75) is 145 Å². The van der Waals surface area contributed by atoms with Crippen molar-refractivity contribution >= 4 is 18.0 Å². The molecule has 53 heavy (non-hydrogen) atoms. The summed E-state index contributed by atoms with van der Waals surface area (Å²) in [5.74, 6) is -1.80. The van der Waals surface area contributed by atoms with Gasteiger partial charge in [-0.05, 0) is 24.0 Å². The largest absolute Gasteiger partial charge is 0.458 e. The zero-order chi connectivity index (χ0) is 37.8. The third-order valence-corrected chi connectivity index (χ3v) is 11.2. The highest BCUT2D eigenvalue weighted by molar-refractivity contribution is 5.93. The SMILES string of the molecule is CCCCCC1(CCCCC)OC2C3CC4(C(=O)NCCO)C(ON(Cc5ccc(C=CCOC6OC(CO)C(O)C(O)C6O)cc5)C4C(=O)O3)C2O1. The molecule has 11 atom stereocenters. The van der Waals surface area contributed by atoms with E-state index in [1.54, 1.807) is 17.2 Å². The van der Waals surface area contributed by atoms with Crippen LogP contribution in [-0.2, 0) is 44.7 Å². The second kappa shape index (κ2) is 17.5. The number of hydrogen-bond acceptors (Lipinski definition) is 14. The highest BCUT2D eigenvalue weighted by Crippen LogP contribution is 2.58. The molecule has 1 saturated carbocycles. The molecular formula is C38H56N2O13. The Balaban J connectivity index is 1.17. The van der Waals surface area contributed by atoms with Gasteiger partial charge in [0.25, 0.3) is 0 Å². The first-order chi connectivity index (χ1) is 25.6. The Hall–Kier alpha value is -2.54. The third-order valence-electron chi connectivity index (χ3n) is 11.2. The number of unbranched alkanes of at least 4 members (excludes halogenated alkanes) is 4. The molecule has 5 fully saturated rings. The van der Waals surface area contributed by atoms with Gasteiger partial charge in [-0.25, -0.2) is 0 Å². The average molecular weight is 749 g/mol. The number of hydroxylamine groups is 2. The van der Waals surface area contributed by atoms with Gasteiger partial charge in [0, 0.05) is 25.8 Å². The van der Waals surface area contributed by atoms with Crippen molar-refractivity contribution in [1.82, 2.24) is 10.4 Å². The van der Waals surface area contributed by atoms with Crippen LogP contribution in [0.1, 0.15) is 82.8 Å². The quantitative estimate of drug-likeness (QED) is 0.0918. The highest BCUT2D eigenvalue weighted by atomic mass is 16.8. The summed E-state index contributed by atoms with van der Waals surface area (Å²) in [6.07, 6.45) is 1.62. The fraction of sp³-hybridized carbons (Fsp3) is 0.737. The average Bonchev–Trinajstić information content (AvgIpc) is 3.71. The lowest BCUT2D eigenvalue weighted by Crippen LogP contribution is -2.69. The number of carbonyl (C=O) groups excluding carboxylic acids is 2. The molecule has 4 aliphatic heterocycles. The number of hydrogen-bond donors (Lipinski definition) is 6. The molecule has 5 aliphatic rings. The maximum absolute atomic E-state index is 14.1. The number of rotatable bonds is 18. The van der Waals surface area contributed by atoms with Crippen molar-refractivity contribution in [3.8, 4) is 0 Å². The minimum Gasteiger partial charge on any atom is -0.458 e. The Labute approximate surface area is 310 Å². The van der Waals surface area contributed by atoms with Gasteiger partial charge in [-0.15, -0.1) is 0 Å². The van der Waals surface area contributed by atoms with Crippen LogP contribution in [0.15, 0.2) is 30.3 Å². The van der Waals surface area contributed by atoms with E-state index in [1.165, 1.54) is 0 Å². The van der Waals surface area contributed by atoms with E-state index in [2.05, 4.69) is 19.2 Å². The van der Waals surface area contributed by atoms with Crippen LogP contribution in [0.3, 0.4) is 0 Å². The van der Waals surface area contributed by atoms with Gasteiger partial charge in [0.2, 0.25) is 5.91 Å². The predicted molar refractivity (Wildman–Crippen MR) is 187 cm³/mol. The van der Waals surface area contributed by atoms with Gasteiger partial charge in [-0.1, -0.05) is 75.9 Å². The van der Waals surface area contributed by atoms with Gasteiger partial charge in [0.05, 0.1) is 26.4 Å². The molecule has 0 spiro atoms. The van der Waals surface area contributed by atoms with Gasteiger partial charge in [-0.3, -0.25) is 14.4 Å². The Morgan fingerprint density at radius 3 is 2.34 bits per heavy atom. The zero-order valence-corrected chi connectivity index (χ0v) is 30.6. The molecule has 2 bridgehead atoms. The fourth-order valence-corrected chi connectivity index (χ4v) is 8.48. The van der Waals surface area contributed by atoms with Gasteiger partial charge in [0.15, 0.2) is 18.1 Å². The molecule has 1 aliphatic carbocycles. The molecule has 6 rings (SSSR count). The third kappa shape index (κ3) is 8.07. The molecule has 6 N–H and O–H groups in total. The number of aliphatic hydroxyl groups is 5. The smallest absolute Gasteiger partial charge is 0.327 e. The number of carbonyl (C=O) groups is 2. The van der Waals surface area contributed by atoms with Crippen LogP contribution < -0.4 is 5.32 Å². The molecule has 1 aromatic rings. The summed E-state index contributed by atoms with van der Waals surface area (Å²) in [4.78, 5) is 34.6. The van der Waals surface area contributed by atoms with E-state index in [9.17, 15) is 35.1 Å². The number of ether oxygens (including phenoxy) is 5. The number of amides is 1. The van der Waals surface area contributed by atoms with Crippen molar-refractivity contribution < 1.29 is 63.6 Å². The summed E-state index contributed by atoms with van der Waals surface area (Å²) < 4.78 is 30.6. The second-order valence-electron chi connectivity index (χ2n) is 14.9. The first-order valence-electron chi connectivity index (χ1n) is 19.2. The standard InChI is InChI=1S/C38H56N2O13/c1-3-5-7-15-37(16-8-6-4-2)51-30-25-20-38(36(47)39-17-18-41)32(34(46)49-25)40(53-33(38)31(30)52-37)21-24-13-11-23(12-14-24)10-9-19-48-35-29(45)28(44)27(43)26(22-42)50-35/h9-14,25-33,35,41-45H,3-8,15-22H2,1-2H3,(H,39,47). The first-order valence-corrected chi connectivity index (χ1v) is 19.2. The van der Waals surface area contributed by atoms with Crippen molar-refractivity contribution in [3.05, 3.63) is 41.5 Å². The number of fused-ring (bicyclic) bond motifs is 4. The maximum Gasteiger partial charge on any atom is 0.327 e. The van der Waals surface area contributed by atoms with Gasteiger partial charge in [-0.2, -0.15) is 5.06 Å². The molecule has 0 radical (unpaired) electrons. The number of nitrogens with zero attached hydrogens (tertiary/aromatic N) is 1. The molecule has 4 saturated heterocycles. The molecule has 1 aromatic carbocycles. The van der Waals surface area contributed by atoms with Crippen molar-refractivity contribution in [1.29, 1.82) is 0 Å². The normalized spacial score (nSPS) is 36.1. The molecule has 11 unspecified atom stereocenters. The Bertz CT molecular complexity index is 1400. The summed E-state index contributed by atoms with van der Waals surface area (Å²) in [6, 6.07) is 6.45. The van der Waals surface area contributed by atoms with Crippen molar-refractivity contribution in [2.75, 3.05) is 26.4 Å². The Morgan fingerprint density at radius 1 is 0.981 bits per heavy atom. The number of nitrogens with one attached hydrogen (secondary N) is 1. The second-order valence-corrected chi connectivity index (χ2v) is 14.9. The summed E-state index contributed by atoms with van der Waals surface area (Å²) in [6.45, 7) is 3.73. The fourth-order valence-electron chi connectivity index (χ4n) is 8.48. The van der Waals surface area contributed by atoms with E-state index in [-0.39, 0.29) is 38.6 Å². The molecule has 1 amide bonds. The Kier molecular flexibility index (Phi) is 13.3. The van der Waals surface area contributed by atoms with Gasteiger partial charge in [0.1, 0.15) is 54.2 Å². The van der Waals surface area contributed by atoms with Crippen LogP contribution in [0, 0.1) is 5.41 Å².